The summed E-state index contributed by atoms with van der Waals surface area (Å²) in [4.78, 5) is 12.7. The topological polar surface area (TPSA) is 60.8 Å². The number of rotatable bonds is 1. The third-order valence-corrected chi connectivity index (χ3v) is 2.31. The Hall–Kier alpha value is -1.55. The van der Waals surface area contributed by atoms with Gasteiger partial charge in [-0.05, 0) is 24.3 Å². The maximum atomic E-state index is 11.4. The minimum Gasteiger partial charge on any atom is -0.508 e. The number of benzene rings is 1. The van der Waals surface area contributed by atoms with Crippen molar-refractivity contribution in [3.8, 4) is 5.75 Å². The summed E-state index contributed by atoms with van der Waals surface area (Å²) in [5.41, 5.74) is 0.623. The molecule has 0 aliphatic carbocycles. The van der Waals surface area contributed by atoms with Crippen LogP contribution in [0.15, 0.2) is 24.3 Å². The number of hydrogen-bond donors (Lipinski definition) is 2. The molecule has 1 heterocycles. The van der Waals surface area contributed by atoms with Crippen molar-refractivity contribution in [3.05, 3.63) is 24.3 Å². The molecule has 0 aromatic heterocycles. The number of hydrogen-bond acceptors (Lipinski definition) is 3. The van der Waals surface area contributed by atoms with E-state index >= 15 is 0 Å². The van der Waals surface area contributed by atoms with Crippen molar-refractivity contribution in [3.63, 3.8) is 0 Å². The molecule has 1 amide bonds. The molecule has 1 fully saturated rings. The molecule has 0 unspecified atom stereocenters. The average molecular weight is 193 g/mol. The van der Waals surface area contributed by atoms with Crippen molar-refractivity contribution >= 4 is 11.6 Å². The first-order valence-electron chi connectivity index (χ1n) is 4.47. The minimum absolute atomic E-state index is 0.0804. The number of carbonyl (C=O) groups excluding carboxylic acids is 1. The van der Waals surface area contributed by atoms with E-state index in [0.29, 0.717) is 18.5 Å². The summed E-state index contributed by atoms with van der Waals surface area (Å²) in [6, 6.07) is 6.21. The van der Waals surface area contributed by atoms with Crippen LogP contribution >= 0.6 is 0 Å². The van der Waals surface area contributed by atoms with Gasteiger partial charge in [-0.15, -0.1) is 0 Å². The van der Waals surface area contributed by atoms with Gasteiger partial charge >= 0.3 is 0 Å². The Balaban J connectivity index is 2.30. The molecular formula is C10H11NO3. The summed E-state index contributed by atoms with van der Waals surface area (Å²) in [7, 11) is 0. The summed E-state index contributed by atoms with van der Waals surface area (Å²) in [6.45, 7) is 0. The van der Waals surface area contributed by atoms with Crippen LogP contribution in [0.4, 0.5) is 5.69 Å². The van der Waals surface area contributed by atoms with Gasteiger partial charge in [-0.25, -0.2) is 0 Å². The van der Waals surface area contributed by atoms with Crippen LogP contribution in [0.3, 0.4) is 0 Å². The molecule has 0 spiro atoms. The molecule has 14 heavy (non-hydrogen) atoms. The molecule has 74 valence electrons. The van der Waals surface area contributed by atoms with Crippen LogP contribution in [0, 0.1) is 0 Å². The highest BCUT2D eigenvalue weighted by molar-refractivity contribution is 5.95. The quantitative estimate of drug-likeness (QED) is 0.694. The highest BCUT2D eigenvalue weighted by Crippen LogP contribution is 2.26. The van der Waals surface area contributed by atoms with Crippen LogP contribution in [-0.4, -0.2) is 22.3 Å². The Bertz CT molecular complexity index is 347. The lowest BCUT2D eigenvalue weighted by molar-refractivity contribution is -0.117. The van der Waals surface area contributed by atoms with E-state index in [1.807, 2.05) is 0 Å². The first-order valence-corrected chi connectivity index (χ1v) is 4.47. The average Bonchev–Trinajstić information content (AvgIpc) is 2.49. The molecule has 4 heteroatoms. The van der Waals surface area contributed by atoms with E-state index in [9.17, 15) is 9.90 Å². The Morgan fingerprint density at radius 3 is 2.43 bits per heavy atom. The molecule has 1 aromatic carbocycles. The first kappa shape index (κ1) is 9.02. The Morgan fingerprint density at radius 1 is 1.29 bits per heavy atom. The fraction of sp³-hybridized carbons (Fsp3) is 0.300. The second-order valence-corrected chi connectivity index (χ2v) is 3.30. The summed E-state index contributed by atoms with van der Waals surface area (Å²) in [5, 5.41) is 18.6. The lowest BCUT2D eigenvalue weighted by Crippen LogP contribution is -2.32. The number of carbonyl (C=O) groups is 1. The number of phenolic OH excluding ortho intramolecular Hbond substituents is 1. The van der Waals surface area contributed by atoms with E-state index in [-0.39, 0.29) is 11.7 Å². The van der Waals surface area contributed by atoms with E-state index in [0.717, 1.165) is 0 Å². The van der Waals surface area contributed by atoms with Crippen molar-refractivity contribution in [2.45, 2.75) is 19.1 Å². The third-order valence-electron chi connectivity index (χ3n) is 2.31. The highest BCUT2D eigenvalue weighted by Gasteiger charge is 2.30. The number of anilines is 1. The number of phenols is 1. The number of aliphatic hydroxyl groups is 1. The van der Waals surface area contributed by atoms with Gasteiger partial charge in [0.15, 0.2) is 0 Å². The number of aliphatic hydroxyl groups excluding tert-OH is 1. The summed E-state index contributed by atoms with van der Waals surface area (Å²) < 4.78 is 0. The molecule has 1 aromatic rings. The van der Waals surface area contributed by atoms with E-state index in [1.54, 1.807) is 12.1 Å². The number of nitrogens with zero attached hydrogens (tertiary/aromatic N) is 1. The largest absolute Gasteiger partial charge is 0.508 e. The molecule has 1 aliphatic heterocycles. The number of aromatic hydroxyl groups is 1. The molecule has 2 N–H and O–H groups in total. The van der Waals surface area contributed by atoms with Crippen LogP contribution in [-0.2, 0) is 4.79 Å². The van der Waals surface area contributed by atoms with Crippen molar-refractivity contribution in [2.75, 3.05) is 4.90 Å². The van der Waals surface area contributed by atoms with Crippen LogP contribution in [0.1, 0.15) is 12.8 Å². The normalized spacial score (nSPS) is 21.6. The van der Waals surface area contributed by atoms with Gasteiger partial charge in [-0.2, -0.15) is 0 Å². The Labute approximate surface area is 81.4 Å². The maximum absolute atomic E-state index is 11.4. The van der Waals surface area contributed by atoms with Gasteiger partial charge in [-0.1, -0.05) is 0 Å². The second-order valence-electron chi connectivity index (χ2n) is 3.30. The fourth-order valence-corrected chi connectivity index (χ4v) is 1.60. The molecule has 0 saturated carbocycles. The molecule has 1 saturated heterocycles. The molecule has 0 bridgehead atoms. The van der Waals surface area contributed by atoms with Gasteiger partial charge in [0, 0.05) is 18.5 Å². The van der Waals surface area contributed by atoms with E-state index < -0.39 is 6.23 Å². The predicted octanol–water partition coefficient (Wildman–Crippen LogP) is 0.837. The summed E-state index contributed by atoms with van der Waals surface area (Å²) in [6.07, 6.45) is 0.119. The lowest BCUT2D eigenvalue weighted by Gasteiger charge is -2.20. The van der Waals surface area contributed by atoms with Gasteiger partial charge in [0.25, 0.3) is 0 Å². The van der Waals surface area contributed by atoms with Gasteiger partial charge < -0.3 is 10.2 Å². The minimum atomic E-state index is -0.730. The molecule has 2 rings (SSSR count). The molecular weight excluding hydrogens is 182 g/mol. The first-order chi connectivity index (χ1) is 6.68. The second kappa shape index (κ2) is 3.31. The van der Waals surface area contributed by atoms with Crippen molar-refractivity contribution in [1.29, 1.82) is 0 Å². The van der Waals surface area contributed by atoms with Gasteiger partial charge in [0.2, 0.25) is 5.91 Å². The fourth-order valence-electron chi connectivity index (χ4n) is 1.60. The smallest absolute Gasteiger partial charge is 0.229 e. The van der Waals surface area contributed by atoms with Crippen molar-refractivity contribution in [1.82, 2.24) is 0 Å². The maximum Gasteiger partial charge on any atom is 0.229 e. The molecule has 0 radical (unpaired) electrons. The molecule has 1 aliphatic rings. The van der Waals surface area contributed by atoms with Crippen LogP contribution in [0.25, 0.3) is 0 Å². The zero-order chi connectivity index (χ0) is 10.1. The predicted molar refractivity (Wildman–Crippen MR) is 50.8 cm³/mol. The third kappa shape index (κ3) is 1.44. The molecule has 1 atom stereocenters. The van der Waals surface area contributed by atoms with Gasteiger partial charge in [0.1, 0.15) is 12.0 Å². The van der Waals surface area contributed by atoms with Crippen LogP contribution < -0.4 is 4.90 Å². The van der Waals surface area contributed by atoms with Crippen LogP contribution in [0.5, 0.6) is 5.75 Å². The zero-order valence-corrected chi connectivity index (χ0v) is 7.55. The lowest BCUT2D eigenvalue weighted by atomic mass is 10.3. The van der Waals surface area contributed by atoms with E-state index in [1.165, 1.54) is 17.0 Å². The van der Waals surface area contributed by atoms with Gasteiger partial charge in [0.05, 0.1) is 0 Å². The number of amides is 1. The monoisotopic (exact) mass is 193 g/mol. The Morgan fingerprint density at radius 2 is 1.93 bits per heavy atom. The van der Waals surface area contributed by atoms with Crippen LogP contribution in [0.2, 0.25) is 0 Å². The highest BCUT2D eigenvalue weighted by atomic mass is 16.3. The molecule has 4 nitrogen and oxygen atoms in total. The van der Waals surface area contributed by atoms with E-state index in [4.69, 9.17) is 5.11 Å². The van der Waals surface area contributed by atoms with E-state index in [2.05, 4.69) is 0 Å². The summed E-state index contributed by atoms with van der Waals surface area (Å²) >= 11 is 0. The standard InChI is InChI=1S/C10H11NO3/c12-8-3-1-7(2-4-8)11-9(13)5-6-10(11)14/h1-4,9,12-13H,5-6H2/t9-/m1/s1. The SMILES string of the molecule is O=C1CC[C@@H](O)N1c1ccc(O)cc1. The van der Waals surface area contributed by atoms with Crippen molar-refractivity contribution < 1.29 is 15.0 Å². The Kier molecular flexibility index (Phi) is 2.13. The summed E-state index contributed by atoms with van der Waals surface area (Å²) in [5.74, 6) is 0.0677. The van der Waals surface area contributed by atoms with Crippen molar-refractivity contribution in [2.24, 2.45) is 0 Å². The van der Waals surface area contributed by atoms with Gasteiger partial charge in [-0.3, -0.25) is 9.69 Å². The zero-order valence-electron chi connectivity index (χ0n) is 7.55.